The second-order valence-corrected chi connectivity index (χ2v) is 5.27. The smallest absolute Gasteiger partial charge is 0.252 e. The van der Waals surface area contributed by atoms with E-state index in [0.717, 1.165) is 25.0 Å². The van der Waals surface area contributed by atoms with Crippen molar-refractivity contribution in [2.75, 3.05) is 18.1 Å². The van der Waals surface area contributed by atoms with E-state index in [0.29, 0.717) is 12.4 Å². The standard InChI is InChI=1S/C17H19N3O2/c21-17(9-8-14-5-2-1-3-6-14)20(16-10-11-18-19-16)13-15-7-4-12-22-15/h1-3,5-6,8-11,15H,4,7,12-13H2,(H,18,19)/b9-8+. The van der Waals surface area contributed by atoms with Gasteiger partial charge < -0.3 is 4.74 Å². The quantitative estimate of drug-likeness (QED) is 0.863. The van der Waals surface area contributed by atoms with Gasteiger partial charge in [0.05, 0.1) is 18.8 Å². The summed E-state index contributed by atoms with van der Waals surface area (Å²) >= 11 is 0. The number of anilines is 1. The lowest BCUT2D eigenvalue weighted by atomic mass is 10.2. The highest BCUT2D eigenvalue weighted by atomic mass is 16.5. The van der Waals surface area contributed by atoms with E-state index in [1.54, 1.807) is 23.2 Å². The number of carbonyl (C=O) groups is 1. The second kappa shape index (κ2) is 7.04. The highest BCUT2D eigenvalue weighted by Crippen LogP contribution is 2.18. The molecule has 0 aliphatic carbocycles. The summed E-state index contributed by atoms with van der Waals surface area (Å²) < 4.78 is 5.64. The number of aromatic amines is 1. The average molecular weight is 297 g/mol. The molecular weight excluding hydrogens is 278 g/mol. The number of amides is 1. The van der Waals surface area contributed by atoms with E-state index in [1.807, 2.05) is 36.4 Å². The summed E-state index contributed by atoms with van der Waals surface area (Å²) in [4.78, 5) is 14.2. The van der Waals surface area contributed by atoms with Crippen molar-refractivity contribution in [3.8, 4) is 0 Å². The van der Waals surface area contributed by atoms with E-state index in [2.05, 4.69) is 10.2 Å². The predicted octanol–water partition coefficient (Wildman–Crippen LogP) is 2.64. The average Bonchev–Trinajstić information content (AvgIpc) is 3.24. The zero-order valence-corrected chi connectivity index (χ0v) is 12.3. The van der Waals surface area contributed by atoms with Crippen LogP contribution in [0.2, 0.25) is 0 Å². The molecular formula is C17H19N3O2. The van der Waals surface area contributed by atoms with Crippen LogP contribution in [0.3, 0.4) is 0 Å². The van der Waals surface area contributed by atoms with E-state index in [1.165, 1.54) is 0 Å². The van der Waals surface area contributed by atoms with Gasteiger partial charge in [0.1, 0.15) is 5.82 Å². The Labute approximate surface area is 129 Å². The summed E-state index contributed by atoms with van der Waals surface area (Å²) in [7, 11) is 0. The van der Waals surface area contributed by atoms with E-state index in [9.17, 15) is 4.79 Å². The van der Waals surface area contributed by atoms with Crippen molar-refractivity contribution in [3.05, 3.63) is 54.2 Å². The predicted molar refractivity (Wildman–Crippen MR) is 85.4 cm³/mol. The zero-order chi connectivity index (χ0) is 15.2. The van der Waals surface area contributed by atoms with Crippen molar-refractivity contribution in [1.82, 2.24) is 10.2 Å². The number of nitrogens with zero attached hydrogens (tertiary/aromatic N) is 2. The molecule has 1 atom stereocenters. The molecule has 3 rings (SSSR count). The van der Waals surface area contributed by atoms with E-state index >= 15 is 0 Å². The van der Waals surface area contributed by atoms with Crippen molar-refractivity contribution in [2.45, 2.75) is 18.9 Å². The molecule has 5 heteroatoms. The Morgan fingerprint density at radius 3 is 2.91 bits per heavy atom. The van der Waals surface area contributed by atoms with Crippen molar-refractivity contribution in [1.29, 1.82) is 0 Å². The molecule has 1 unspecified atom stereocenters. The number of benzene rings is 1. The molecule has 1 fully saturated rings. The summed E-state index contributed by atoms with van der Waals surface area (Å²) in [5.74, 6) is 0.613. The maximum atomic E-state index is 12.5. The van der Waals surface area contributed by atoms with Crippen LogP contribution >= 0.6 is 0 Å². The lowest BCUT2D eigenvalue weighted by Crippen LogP contribution is -2.36. The maximum absolute atomic E-state index is 12.5. The van der Waals surface area contributed by atoms with Crippen molar-refractivity contribution in [3.63, 3.8) is 0 Å². The summed E-state index contributed by atoms with van der Waals surface area (Å²) in [6, 6.07) is 11.6. The molecule has 0 bridgehead atoms. The number of nitrogens with one attached hydrogen (secondary N) is 1. The van der Waals surface area contributed by atoms with Crippen molar-refractivity contribution < 1.29 is 9.53 Å². The van der Waals surface area contributed by atoms with Crippen LogP contribution in [0, 0.1) is 0 Å². The number of ether oxygens (including phenoxy) is 1. The molecule has 1 amide bonds. The molecule has 2 aromatic rings. The molecule has 0 spiro atoms. The van der Waals surface area contributed by atoms with E-state index in [4.69, 9.17) is 4.74 Å². The van der Waals surface area contributed by atoms with Gasteiger partial charge in [-0.1, -0.05) is 30.3 Å². The van der Waals surface area contributed by atoms with Crippen LogP contribution in [0.5, 0.6) is 0 Å². The lowest BCUT2D eigenvalue weighted by Gasteiger charge is -2.22. The largest absolute Gasteiger partial charge is 0.376 e. The van der Waals surface area contributed by atoms with Gasteiger partial charge in [0.2, 0.25) is 0 Å². The summed E-state index contributed by atoms with van der Waals surface area (Å²) in [6.45, 7) is 1.32. The Bertz CT molecular complexity index is 617. The molecule has 1 N–H and O–H groups in total. The van der Waals surface area contributed by atoms with Crippen LogP contribution in [-0.4, -0.2) is 35.4 Å². The Balaban J connectivity index is 1.73. The van der Waals surface area contributed by atoms with Crippen LogP contribution in [0.1, 0.15) is 18.4 Å². The molecule has 1 aromatic carbocycles. The third-order valence-corrected chi connectivity index (χ3v) is 3.67. The number of hydrogen-bond donors (Lipinski definition) is 1. The Hall–Kier alpha value is -2.40. The van der Waals surface area contributed by atoms with Crippen LogP contribution < -0.4 is 4.90 Å². The minimum Gasteiger partial charge on any atom is -0.376 e. The van der Waals surface area contributed by atoms with Gasteiger partial charge in [-0.2, -0.15) is 5.10 Å². The SMILES string of the molecule is O=C(/C=C/c1ccccc1)N(CC1CCCO1)c1ccn[nH]1. The van der Waals surface area contributed by atoms with Gasteiger partial charge in [-0.15, -0.1) is 0 Å². The molecule has 1 aliphatic heterocycles. The Morgan fingerprint density at radius 1 is 1.36 bits per heavy atom. The first-order valence-corrected chi connectivity index (χ1v) is 7.48. The number of H-pyrrole nitrogens is 1. The fourth-order valence-electron chi connectivity index (χ4n) is 2.52. The maximum Gasteiger partial charge on any atom is 0.252 e. The fourth-order valence-corrected chi connectivity index (χ4v) is 2.52. The van der Waals surface area contributed by atoms with Crippen molar-refractivity contribution >= 4 is 17.8 Å². The fraction of sp³-hybridized carbons (Fsp3) is 0.294. The first kappa shape index (κ1) is 14.5. The first-order valence-electron chi connectivity index (χ1n) is 7.48. The molecule has 0 radical (unpaired) electrons. The third-order valence-electron chi connectivity index (χ3n) is 3.67. The minimum atomic E-state index is -0.0800. The van der Waals surface area contributed by atoms with Crippen molar-refractivity contribution in [2.24, 2.45) is 0 Å². The van der Waals surface area contributed by atoms with Crippen LogP contribution in [0.25, 0.3) is 6.08 Å². The second-order valence-electron chi connectivity index (χ2n) is 5.27. The molecule has 0 saturated carbocycles. The highest BCUT2D eigenvalue weighted by molar-refractivity contribution is 6.03. The molecule has 1 aliphatic rings. The van der Waals surface area contributed by atoms with Gasteiger partial charge in [-0.3, -0.25) is 14.8 Å². The Kier molecular flexibility index (Phi) is 4.65. The molecule has 114 valence electrons. The molecule has 1 aromatic heterocycles. The minimum absolute atomic E-state index is 0.0800. The van der Waals surface area contributed by atoms with Gasteiger partial charge >= 0.3 is 0 Å². The van der Waals surface area contributed by atoms with E-state index in [-0.39, 0.29) is 12.0 Å². The Morgan fingerprint density at radius 2 is 2.23 bits per heavy atom. The summed E-state index contributed by atoms with van der Waals surface area (Å²) in [5.41, 5.74) is 0.998. The number of rotatable bonds is 5. The number of aromatic nitrogens is 2. The first-order chi connectivity index (χ1) is 10.8. The van der Waals surface area contributed by atoms with Gasteiger partial charge in [0.15, 0.2) is 0 Å². The van der Waals surface area contributed by atoms with Crippen LogP contribution in [0.15, 0.2) is 48.7 Å². The van der Waals surface area contributed by atoms with Gasteiger partial charge in [-0.25, -0.2) is 0 Å². The third kappa shape index (κ3) is 3.62. The molecule has 5 nitrogen and oxygen atoms in total. The number of hydrogen-bond acceptors (Lipinski definition) is 3. The number of carbonyl (C=O) groups excluding carboxylic acids is 1. The van der Waals surface area contributed by atoms with Gasteiger partial charge in [0, 0.05) is 18.7 Å². The highest BCUT2D eigenvalue weighted by Gasteiger charge is 2.23. The van der Waals surface area contributed by atoms with E-state index < -0.39 is 0 Å². The van der Waals surface area contributed by atoms with Gasteiger partial charge in [0.25, 0.3) is 5.91 Å². The van der Waals surface area contributed by atoms with Crippen LogP contribution in [-0.2, 0) is 9.53 Å². The topological polar surface area (TPSA) is 58.2 Å². The summed E-state index contributed by atoms with van der Waals surface area (Å²) in [6.07, 6.45) is 7.19. The monoisotopic (exact) mass is 297 g/mol. The van der Waals surface area contributed by atoms with Gasteiger partial charge in [-0.05, 0) is 24.5 Å². The molecule has 2 heterocycles. The zero-order valence-electron chi connectivity index (χ0n) is 12.3. The summed E-state index contributed by atoms with van der Waals surface area (Å²) in [5, 5.41) is 6.79. The molecule has 22 heavy (non-hydrogen) atoms. The normalized spacial score (nSPS) is 17.9. The lowest BCUT2D eigenvalue weighted by molar-refractivity contribution is -0.114. The molecule has 1 saturated heterocycles. The van der Waals surface area contributed by atoms with Crippen LogP contribution in [0.4, 0.5) is 5.82 Å².